The van der Waals surface area contributed by atoms with Gasteiger partial charge in [0.15, 0.2) is 0 Å². The Morgan fingerprint density at radius 1 is 1.53 bits per heavy atom. The molecule has 1 heterocycles. The normalized spacial score (nSPS) is 20.4. The largest absolute Gasteiger partial charge is 0.340 e. The van der Waals surface area contributed by atoms with Crippen molar-refractivity contribution < 1.29 is 4.79 Å². The number of amides is 1. The van der Waals surface area contributed by atoms with Crippen LogP contribution in [-0.2, 0) is 11.2 Å². The van der Waals surface area contributed by atoms with Gasteiger partial charge in [-0.2, -0.15) is 0 Å². The monoisotopic (exact) mass is 344 g/mol. The molecule has 92 valence electrons. The SMILES string of the molecule is C[C@@H]1CN(C(=O)Cc2ccccc2I)CCN1. The summed E-state index contributed by atoms with van der Waals surface area (Å²) in [4.78, 5) is 14.1. The number of benzene rings is 1. The molecular formula is C13H17IN2O. The zero-order valence-electron chi connectivity index (χ0n) is 9.95. The Labute approximate surface area is 116 Å². The van der Waals surface area contributed by atoms with Crippen LogP contribution < -0.4 is 5.32 Å². The molecule has 1 amide bonds. The van der Waals surface area contributed by atoms with Crippen LogP contribution in [0.15, 0.2) is 24.3 Å². The van der Waals surface area contributed by atoms with Crippen LogP contribution in [0.2, 0.25) is 0 Å². The Balaban J connectivity index is 1.99. The molecule has 0 unspecified atom stereocenters. The second kappa shape index (κ2) is 5.82. The summed E-state index contributed by atoms with van der Waals surface area (Å²) < 4.78 is 1.17. The van der Waals surface area contributed by atoms with E-state index in [4.69, 9.17) is 0 Å². The van der Waals surface area contributed by atoms with E-state index in [1.165, 1.54) is 3.57 Å². The third kappa shape index (κ3) is 3.42. The highest BCUT2D eigenvalue weighted by atomic mass is 127. The van der Waals surface area contributed by atoms with Crippen LogP contribution in [0.1, 0.15) is 12.5 Å². The Bertz CT molecular complexity index is 408. The van der Waals surface area contributed by atoms with E-state index in [0.717, 1.165) is 25.2 Å². The number of nitrogens with one attached hydrogen (secondary N) is 1. The molecule has 1 aliphatic rings. The van der Waals surface area contributed by atoms with Gasteiger partial charge in [0.05, 0.1) is 6.42 Å². The van der Waals surface area contributed by atoms with Crippen LogP contribution in [0.4, 0.5) is 0 Å². The lowest BCUT2D eigenvalue weighted by Gasteiger charge is -2.32. The molecule has 0 aliphatic carbocycles. The highest BCUT2D eigenvalue weighted by Crippen LogP contribution is 2.13. The van der Waals surface area contributed by atoms with Gasteiger partial charge in [0.1, 0.15) is 0 Å². The van der Waals surface area contributed by atoms with Crippen molar-refractivity contribution in [3.8, 4) is 0 Å². The van der Waals surface area contributed by atoms with Crippen molar-refractivity contribution in [3.05, 3.63) is 33.4 Å². The third-order valence-corrected chi connectivity index (χ3v) is 4.07. The number of carbonyl (C=O) groups is 1. The van der Waals surface area contributed by atoms with Crippen LogP contribution >= 0.6 is 22.6 Å². The summed E-state index contributed by atoms with van der Waals surface area (Å²) in [7, 11) is 0. The average molecular weight is 344 g/mol. The smallest absolute Gasteiger partial charge is 0.227 e. The summed E-state index contributed by atoms with van der Waals surface area (Å²) in [6.07, 6.45) is 0.520. The number of nitrogens with zero attached hydrogens (tertiary/aromatic N) is 1. The number of carbonyl (C=O) groups excluding carboxylic acids is 1. The van der Waals surface area contributed by atoms with E-state index in [2.05, 4.69) is 34.8 Å². The summed E-state index contributed by atoms with van der Waals surface area (Å²) in [5.41, 5.74) is 1.13. The topological polar surface area (TPSA) is 32.3 Å². The molecule has 2 rings (SSSR count). The first-order valence-corrected chi connectivity index (χ1v) is 6.99. The number of hydrogen-bond acceptors (Lipinski definition) is 2. The molecule has 1 aromatic rings. The fraction of sp³-hybridized carbons (Fsp3) is 0.462. The zero-order valence-corrected chi connectivity index (χ0v) is 12.1. The lowest BCUT2D eigenvalue weighted by molar-refractivity contribution is -0.131. The molecule has 17 heavy (non-hydrogen) atoms. The minimum atomic E-state index is 0.238. The van der Waals surface area contributed by atoms with Crippen molar-refractivity contribution in [2.24, 2.45) is 0 Å². The van der Waals surface area contributed by atoms with Gasteiger partial charge in [-0.1, -0.05) is 18.2 Å². The summed E-state index contributed by atoms with van der Waals surface area (Å²) in [6.45, 7) is 4.67. The molecule has 1 saturated heterocycles. The molecule has 0 saturated carbocycles. The maximum atomic E-state index is 12.2. The molecule has 0 spiro atoms. The van der Waals surface area contributed by atoms with Crippen molar-refractivity contribution in [3.63, 3.8) is 0 Å². The van der Waals surface area contributed by atoms with E-state index in [1.54, 1.807) is 0 Å². The fourth-order valence-corrected chi connectivity index (χ4v) is 2.65. The Morgan fingerprint density at radius 3 is 3.00 bits per heavy atom. The van der Waals surface area contributed by atoms with Gasteiger partial charge in [-0.15, -0.1) is 0 Å². The molecule has 0 radical (unpaired) electrons. The maximum absolute atomic E-state index is 12.2. The van der Waals surface area contributed by atoms with E-state index in [1.807, 2.05) is 29.2 Å². The van der Waals surface area contributed by atoms with Gasteiger partial charge in [-0.05, 0) is 41.1 Å². The number of hydrogen-bond donors (Lipinski definition) is 1. The summed E-state index contributed by atoms with van der Waals surface area (Å²) in [5, 5.41) is 3.35. The van der Waals surface area contributed by atoms with Crippen molar-refractivity contribution in [1.29, 1.82) is 0 Å². The molecular weight excluding hydrogens is 327 g/mol. The van der Waals surface area contributed by atoms with Crippen molar-refractivity contribution in [2.75, 3.05) is 19.6 Å². The van der Waals surface area contributed by atoms with Crippen LogP contribution in [0.25, 0.3) is 0 Å². The van der Waals surface area contributed by atoms with E-state index in [0.29, 0.717) is 12.5 Å². The number of piperazine rings is 1. The fourth-order valence-electron chi connectivity index (χ4n) is 2.08. The van der Waals surface area contributed by atoms with Crippen LogP contribution in [0.5, 0.6) is 0 Å². The molecule has 4 heteroatoms. The first kappa shape index (κ1) is 12.8. The van der Waals surface area contributed by atoms with Gasteiger partial charge in [0, 0.05) is 29.2 Å². The van der Waals surface area contributed by atoms with Gasteiger partial charge in [-0.3, -0.25) is 4.79 Å². The first-order valence-electron chi connectivity index (χ1n) is 5.91. The second-order valence-electron chi connectivity index (χ2n) is 4.46. The van der Waals surface area contributed by atoms with Gasteiger partial charge in [-0.25, -0.2) is 0 Å². The highest BCUT2D eigenvalue weighted by Gasteiger charge is 2.20. The summed E-state index contributed by atoms with van der Waals surface area (Å²) in [5.74, 6) is 0.238. The van der Waals surface area contributed by atoms with Crippen molar-refractivity contribution >= 4 is 28.5 Å². The van der Waals surface area contributed by atoms with E-state index >= 15 is 0 Å². The molecule has 1 fully saturated rings. The Morgan fingerprint density at radius 2 is 2.29 bits per heavy atom. The average Bonchev–Trinajstić information content (AvgIpc) is 2.32. The van der Waals surface area contributed by atoms with Gasteiger partial charge < -0.3 is 10.2 Å². The van der Waals surface area contributed by atoms with Gasteiger partial charge in [0.25, 0.3) is 0 Å². The molecule has 1 atom stereocenters. The predicted molar refractivity (Wildman–Crippen MR) is 76.9 cm³/mol. The number of rotatable bonds is 2. The summed E-state index contributed by atoms with van der Waals surface area (Å²) in [6, 6.07) is 8.48. The predicted octanol–water partition coefficient (Wildman–Crippen LogP) is 1.65. The van der Waals surface area contributed by atoms with Crippen LogP contribution in [0.3, 0.4) is 0 Å². The van der Waals surface area contributed by atoms with E-state index < -0.39 is 0 Å². The molecule has 3 nitrogen and oxygen atoms in total. The maximum Gasteiger partial charge on any atom is 0.227 e. The van der Waals surface area contributed by atoms with Crippen molar-refractivity contribution in [1.82, 2.24) is 10.2 Å². The van der Waals surface area contributed by atoms with E-state index in [-0.39, 0.29) is 5.91 Å². The molecule has 0 aromatic heterocycles. The molecule has 0 bridgehead atoms. The quantitative estimate of drug-likeness (QED) is 0.828. The molecule has 1 N–H and O–H groups in total. The highest BCUT2D eigenvalue weighted by molar-refractivity contribution is 14.1. The minimum Gasteiger partial charge on any atom is -0.340 e. The van der Waals surface area contributed by atoms with E-state index in [9.17, 15) is 4.79 Å². The minimum absolute atomic E-state index is 0.238. The summed E-state index contributed by atoms with van der Waals surface area (Å²) >= 11 is 2.29. The van der Waals surface area contributed by atoms with Gasteiger partial charge >= 0.3 is 0 Å². The Kier molecular flexibility index (Phi) is 4.39. The molecule has 1 aliphatic heterocycles. The van der Waals surface area contributed by atoms with Crippen LogP contribution in [-0.4, -0.2) is 36.5 Å². The first-order chi connectivity index (χ1) is 8.16. The Hall–Kier alpha value is -0.620. The standard InChI is InChI=1S/C13H17IN2O/c1-10-9-16(7-6-15-10)13(17)8-11-4-2-3-5-12(11)14/h2-5,10,15H,6-9H2,1H3/t10-/m1/s1. The lowest BCUT2D eigenvalue weighted by Crippen LogP contribution is -2.51. The van der Waals surface area contributed by atoms with Crippen molar-refractivity contribution in [2.45, 2.75) is 19.4 Å². The third-order valence-electron chi connectivity index (χ3n) is 3.02. The zero-order chi connectivity index (χ0) is 12.3. The number of halogens is 1. The lowest BCUT2D eigenvalue weighted by atomic mass is 10.1. The van der Waals surface area contributed by atoms with Gasteiger partial charge in [0.2, 0.25) is 5.91 Å². The molecule has 1 aromatic carbocycles. The van der Waals surface area contributed by atoms with Crippen LogP contribution in [0, 0.1) is 3.57 Å². The second-order valence-corrected chi connectivity index (χ2v) is 5.63.